The van der Waals surface area contributed by atoms with Gasteiger partial charge in [0.2, 0.25) is 5.91 Å². The molecule has 0 spiro atoms. The van der Waals surface area contributed by atoms with E-state index < -0.39 is 16.4 Å². The summed E-state index contributed by atoms with van der Waals surface area (Å²) in [6.45, 7) is 3.53. The number of nitrogens with zero attached hydrogens (tertiary/aromatic N) is 1. The van der Waals surface area contributed by atoms with E-state index in [1.807, 2.05) is 6.92 Å². The summed E-state index contributed by atoms with van der Waals surface area (Å²) in [5.41, 5.74) is 4.86. The number of hydrogen-bond acceptors (Lipinski definition) is 4. The number of hydrogen-bond donors (Lipinski definition) is 2. The van der Waals surface area contributed by atoms with Gasteiger partial charge in [-0.3, -0.25) is 14.9 Å². The van der Waals surface area contributed by atoms with Crippen LogP contribution in [0.3, 0.4) is 0 Å². The summed E-state index contributed by atoms with van der Waals surface area (Å²) in [4.78, 5) is 22.2. The van der Waals surface area contributed by atoms with Gasteiger partial charge in [0, 0.05) is 6.07 Å². The first-order valence-corrected chi connectivity index (χ1v) is 5.72. The number of benzene rings is 1. The SMILES string of the molecule is CCCC(C)(N)C(=O)Nc1ccccc1[N+](=O)[O-]. The second-order valence-corrected chi connectivity index (χ2v) is 4.40. The summed E-state index contributed by atoms with van der Waals surface area (Å²) < 4.78 is 0. The van der Waals surface area contributed by atoms with Gasteiger partial charge in [-0.15, -0.1) is 0 Å². The van der Waals surface area contributed by atoms with Crippen LogP contribution in [0.25, 0.3) is 0 Å². The van der Waals surface area contributed by atoms with Crippen LogP contribution >= 0.6 is 0 Å². The summed E-state index contributed by atoms with van der Waals surface area (Å²) in [5, 5.41) is 13.3. The van der Waals surface area contributed by atoms with Crippen molar-refractivity contribution in [3.8, 4) is 0 Å². The lowest BCUT2D eigenvalue weighted by molar-refractivity contribution is -0.383. The van der Waals surface area contributed by atoms with Gasteiger partial charge < -0.3 is 11.1 Å². The lowest BCUT2D eigenvalue weighted by Gasteiger charge is -2.22. The molecule has 0 aliphatic carbocycles. The number of anilines is 1. The molecule has 1 unspecified atom stereocenters. The fourth-order valence-corrected chi connectivity index (χ4v) is 1.64. The third kappa shape index (κ3) is 3.27. The van der Waals surface area contributed by atoms with Crippen LogP contribution in [-0.2, 0) is 4.79 Å². The average molecular weight is 251 g/mol. The Morgan fingerprint density at radius 3 is 2.67 bits per heavy atom. The first kappa shape index (κ1) is 14.1. The lowest BCUT2D eigenvalue weighted by atomic mass is 9.96. The number of nitrogens with one attached hydrogen (secondary N) is 1. The van der Waals surface area contributed by atoms with Gasteiger partial charge in [-0.25, -0.2) is 0 Å². The summed E-state index contributed by atoms with van der Waals surface area (Å²) in [6, 6.07) is 5.99. The van der Waals surface area contributed by atoms with E-state index in [9.17, 15) is 14.9 Å². The molecule has 1 amide bonds. The number of para-hydroxylation sites is 2. The Hall–Kier alpha value is -1.95. The third-order valence-corrected chi connectivity index (χ3v) is 2.64. The van der Waals surface area contributed by atoms with Gasteiger partial charge >= 0.3 is 0 Å². The van der Waals surface area contributed by atoms with E-state index in [4.69, 9.17) is 5.73 Å². The zero-order chi connectivity index (χ0) is 13.8. The molecule has 1 atom stereocenters. The minimum atomic E-state index is -1.03. The van der Waals surface area contributed by atoms with Gasteiger partial charge in [0.25, 0.3) is 5.69 Å². The van der Waals surface area contributed by atoms with Crippen LogP contribution < -0.4 is 11.1 Å². The van der Waals surface area contributed by atoms with Gasteiger partial charge in [-0.2, -0.15) is 0 Å². The van der Waals surface area contributed by atoms with Crippen molar-refractivity contribution in [3.05, 3.63) is 34.4 Å². The number of amides is 1. The van der Waals surface area contributed by atoms with Gasteiger partial charge in [0.1, 0.15) is 5.69 Å². The molecule has 0 saturated carbocycles. The van der Waals surface area contributed by atoms with Gasteiger partial charge in [0.05, 0.1) is 10.5 Å². The first-order valence-electron chi connectivity index (χ1n) is 5.72. The van der Waals surface area contributed by atoms with Crippen molar-refractivity contribution in [1.29, 1.82) is 0 Å². The standard InChI is InChI=1S/C12H17N3O3/c1-3-8-12(2,13)11(16)14-9-6-4-5-7-10(9)15(17)18/h4-7H,3,8,13H2,1-2H3,(H,14,16). The second kappa shape index (κ2) is 5.59. The Morgan fingerprint density at radius 1 is 1.50 bits per heavy atom. The van der Waals surface area contributed by atoms with Crippen molar-refractivity contribution in [2.75, 3.05) is 5.32 Å². The van der Waals surface area contributed by atoms with Crippen LogP contribution in [0.2, 0.25) is 0 Å². The highest BCUT2D eigenvalue weighted by Gasteiger charge is 2.28. The second-order valence-electron chi connectivity index (χ2n) is 4.40. The summed E-state index contributed by atoms with van der Waals surface area (Å²) >= 11 is 0. The molecule has 3 N–H and O–H groups in total. The molecule has 0 aromatic heterocycles. The fourth-order valence-electron chi connectivity index (χ4n) is 1.64. The number of nitro groups is 1. The van der Waals surface area contributed by atoms with Gasteiger partial charge in [-0.1, -0.05) is 25.5 Å². The normalized spacial score (nSPS) is 13.7. The monoisotopic (exact) mass is 251 g/mol. The van der Waals surface area contributed by atoms with Crippen LogP contribution in [0.15, 0.2) is 24.3 Å². The van der Waals surface area contributed by atoms with Crippen molar-refractivity contribution >= 4 is 17.3 Å². The van der Waals surface area contributed by atoms with Crippen molar-refractivity contribution in [1.82, 2.24) is 0 Å². The highest BCUT2D eigenvalue weighted by molar-refractivity contribution is 5.99. The maximum Gasteiger partial charge on any atom is 0.292 e. The molecule has 1 rings (SSSR count). The minimum Gasteiger partial charge on any atom is -0.319 e. The zero-order valence-corrected chi connectivity index (χ0v) is 10.5. The zero-order valence-electron chi connectivity index (χ0n) is 10.5. The topological polar surface area (TPSA) is 98.3 Å². The molecule has 0 heterocycles. The quantitative estimate of drug-likeness (QED) is 0.618. The largest absolute Gasteiger partial charge is 0.319 e. The Balaban J connectivity index is 2.92. The molecule has 0 bridgehead atoms. The average Bonchev–Trinajstić information content (AvgIpc) is 2.29. The Bertz CT molecular complexity index is 458. The fraction of sp³-hybridized carbons (Fsp3) is 0.417. The molecule has 18 heavy (non-hydrogen) atoms. The molecule has 1 aromatic rings. The summed E-state index contributed by atoms with van der Waals surface area (Å²) in [7, 11) is 0. The van der Waals surface area contributed by atoms with Crippen molar-refractivity contribution in [2.24, 2.45) is 5.73 Å². The smallest absolute Gasteiger partial charge is 0.292 e. The Labute approximate surface area is 105 Å². The van der Waals surface area contributed by atoms with Crippen molar-refractivity contribution in [3.63, 3.8) is 0 Å². The number of nitro benzene ring substituents is 1. The van der Waals surface area contributed by atoms with Crippen molar-refractivity contribution < 1.29 is 9.72 Å². The number of carbonyl (C=O) groups excluding carboxylic acids is 1. The molecule has 6 nitrogen and oxygen atoms in total. The summed E-state index contributed by atoms with van der Waals surface area (Å²) in [6.07, 6.45) is 1.27. The molecule has 0 radical (unpaired) electrons. The van der Waals surface area contributed by atoms with Crippen molar-refractivity contribution in [2.45, 2.75) is 32.2 Å². The molecule has 0 saturated heterocycles. The predicted octanol–water partition coefficient (Wildman–Crippen LogP) is 2.05. The van der Waals surface area contributed by atoms with Crippen LogP contribution in [0.5, 0.6) is 0 Å². The molecule has 1 aromatic carbocycles. The van der Waals surface area contributed by atoms with E-state index in [1.54, 1.807) is 19.1 Å². The highest BCUT2D eigenvalue weighted by Crippen LogP contribution is 2.24. The maximum absolute atomic E-state index is 11.9. The van der Waals surface area contributed by atoms with E-state index in [-0.39, 0.29) is 11.4 Å². The maximum atomic E-state index is 11.9. The van der Waals surface area contributed by atoms with E-state index in [0.29, 0.717) is 6.42 Å². The molecular weight excluding hydrogens is 234 g/mol. The van der Waals surface area contributed by atoms with E-state index in [1.165, 1.54) is 12.1 Å². The van der Waals surface area contributed by atoms with E-state index in [0.717, 1.165) is 6.42 Å². The van der Waals surface area contributed by atoms with Gasteiger partial charge in [-0.05, 0) is 19.4 Å². The number of rotatable bonds is 5. The summed E-state index contributed by atoms with van der Waals surface area (Å²) in [5.74, 6) is -0.418. The molecule has 0 fully saturated rings. The molecule has 98 valence electrons. The predicted molar refractivity (Wildman–Crippen MR) is 69.2 cm³/mol. The molecule has 0 aliphatic heterocycles. The molecule has 0 aliphatic rings. The molecule has 6 heteroatoms. The third-order valence-electron chi connectivity index (χ3n) is 2.64. The minimum absolute atomic E-state index is 0.141. The lowest BCUT2D eigenvalue weighted by Crippen LogP contribution is -2.48. The van der Waals surface area contributed by atoms with Crippen LogP contribution in [-0.4, -0.2) is 16.4 Å². The van der Waals surface area contributed by atoms with Gasteiger partial charge in [0.15, 0.2) is 0 Å². The van der Waals surface area contributed by atoms with E-state index >= 15 is 0 Å². The molecular formula is C12H17N3O3. The van der Waals surface area contributed by atoms with Crippen LogP contribution in [0.4, 0.5) is 11.4 Å². The Kier molecular flexibility index (Phi) is 4.38. The highest BCUT2D eigenvalue weighted by atomic mass is 16.6. The number of carbonyl (C=O) groups is 1. The first-order chi connectivity index (χ1) is 8.38. The van der Waals surface area contributed by atoms with E-state index in [2.05, 4.69) is 5.32 Å². The van der Waals surface area contributed by atoms with Crippen LogP contribution in [0.1, 0.15) is 26.7 Å². The van der Waals surface area contributed by atoms with Crippen LogP contribution in [0, 0.1) is 10.1 Å². The Morgan fingerprint density at radius 2 is 2.11 bits per heavy atom. The number of nitrogens with two attached hydrogens (primary N) is 1.